The van der Waals surface area contributed by atoms with Crippen LogP contribution < -0.4 is 27.0 Å². The zero-order valence-corrected chi connectivity index (χ0v) is 14.2. The fraction of sp³-hybridized carbons (Fsp3) is 0.353. The smallest absolute Gasteiger partial charge is 0.380 e. The third-order valence-corrected chi connectivity index (χ3v) is 3.90. The van der Waals surface area contributed by atoms with Gasteiger partial charge in [-0.2, -0.15) is 13.2 Å². The summed E-state index contributed by atoms with van der Waals surface area (Å²) in [5.74, 6) is -0.478. The van der Waals surface area contributed by atoms with Gasteiger partial charge in [-0.3, -0.25) is 19.6 Å². The number of alkyl halides is 3. The van der Waals surface area contributed by atoms with Gasteiger partial charge in [0.05, 0.1) is 5.56 Å². The molecular weight excluding hydrogens is 367 g/mol. The molecule has 146 valence electrons. The second-order valence-corrected chi connectivity index (χ2v) is 5.88. The normalized spacial score (nSPS) is 11.4. The van der Waals surface area contributed by atoms with Gasteiger partial charge in [0, 0.05) is 18.7 Å². The first-order valence-corrected chi connectivity index (χ1v) is 8.18. The zero-order valence-electron chi connectivity index (χ0n) is 14.2. The summed E-state index contributed by atoms with van der Waals surface area (Å²) in [7, 11) is 0. The van der Waals surface area contributed by atoms with E-state index in [0.29, 0.717) is 25.8 Å². The lowest BCUT2D eigenvalue weighted by atomic mass is 10.1. The first-order chi connectivity index (χ1) is 12.7. The van der Waals surface area contributed by atoms with Gasteiger partial charge in [-0.1, -0.05) is 6.42 Å². The number of halogens is 3. The van der Waals surface area contributed by atoms with E-state index in [1.807, 2.05) is 0 Å². The van der Waals surface area contributed by atoms with E-state index in [0.717, 1.165) is 12.1 Å². The summed E-state index contributed by atoms with van der Waals surface area (Å²) in [5.41, 5.74) is -0.353. The van der Waals surface area contributed by atoms with Crippen molar-refractivity contribution in [1.29, 1.82) is 0 Å². The number of carbonyl (C=O) groups is 1. The van der Waals surface area contributed by atoms with Crippen LogP contribution in [0.4, 0.5) is 30.2 Å². The highest BCUT2D eigenvalue weighted by Crippen LogP contribution is 2.30. The van der Waals surface area contributed by atoms with Crippen molar-refractivity contribution >= 4 is 23.0 Å². The van der Waals surface area contributed by atoms with E-state index in [1.165, 1.54) is 17.6 Å². The maximum absolute atomic E-state index is 12.6. The Kier molecular flexibility index (Phi) is 6.56. The lowest BCUT2D eigenvalue weighted by molar-refractivity contribution is -0.137. The fourth-order valence-corrected chi connectivity index (χ4v) is 2.42. The van der Waals surface area contributed by atoms with Crippen molar-refractivity contribution in [3.8, 4) is 0 Å². The van der Waals surface area contributed by atoms with Gasteiger partial charge in [0.2, 0.25) is 5.91 Å². The molecule has 0 atom stereocenters. The van der Waals surface area contributed by atoms with Crippen LogP contribution in [0.15, 0.2) is 33.9 Å². The molecule has 1 amide bonds. The van der Waals surface area contributed by atoms with Crippen molar-refractivity contribution in [1.82, 2.24) is 5.48 Å². The molecule has 2 aromatic carbocycles. The summed E-state index contributed by atoms with van der Waals surface area (Å²) in [5, 5.41) is 13.8. The van der Waals surface area contributed by atoms with Crippen LogP contribution >= 0.6 is 0 Å². The number of rotatable bonds is 9. The number of carbonyl (C=O) groups excluding carboxylic acids is 1. The van der Waals surface area contributed by atoms with Crippen molar-refractivity contribution in [2.75, 3.05) is 17.2 Å². The summed E-state index contributed by atoms with van der Waals surface area (Å²) in [6.45, 7) is 0.382. The molecule has 0 fully saturated rings. The Morgan fingerprint density at radius 3 is 2.19 bits per heavy atom. The lowest BCUT2D eigenvalue weighted by Gasteiger charge is -2.15. The maximum Gasteiger partial charge on any atom is 0.416 e. The van der Waals surface area contributed by atoms with Crippen LogP contribution in [0.5, 0.6) is 0 Å². The minimum absolute atomic E-state index is 0.0133. The topological polar surface area (TPSA) is 108 Å². The minimum atomic E-state index is -4.45. The Morgan fingerprint density at radius 2 is 1.59 bits per heavy atom. The highest BCUT2D eigenvalue weighted by Gasteiger charge is 2.30. The second kappa shape index (κ2) is 8.67. The Bertz CT molecular complexity index is 856. The molecule has 0 aromatic heterocycles. The van der Waals surface area contributed by atoms with Crippen LogP contribution in [0.3, 0.4) is 0 Å². The Labute approximate surface area is 151 Å². The number of anilines is 3. The van der Waals surface area contributed by atoms with E-state index in [4.69, 9.17) is 5.21 Å². The summed E-state index contributed by atoms with van der Waals surface area (Å²) in [6.07, 6.45) is -2.44. The van der Waals surface area contributed by atoms with Crippen molar-refractivity contribution < 1.29 is 23.2 Å². The molecule has 0 aliphatic carbocycles. The van der Waals surface area contributed by atoms with Crippen LogP contribution in [0, 0.1) is 0 Å². The largest absolute Gasteiger partial charge is 0.416 e. The highest BCUT2D eigenvalue weighted by molar-refractivity contribution is 5.78. The third kappa shape index (κ3) is 5.30. The molecule has 2 rings (SSSR count). The number of hydrogen-bond donors (Lipinski definition) is 4. The fourth-order valence-electron chi connectivity index (χ4n) is 2.42. The van der Waals surface area contributed by atoms with E-state index in [-0.39, 0.29) is 23.5 Å². The summed E-state index contributed by atoms with van der Waals surface area (Å²) < 4.78 is 37.7. The number of hydroxylamine groups is 1. The van der Waals surface area contributed by atoms with Gasteiger partial charge in [-0.05, 0) is 37.1 Å². The van der Waals surface area contributed by atoms with E-state index < -0.39 is 28.5 Å². The first-order valence-electron chi connectivity index (χ1n) is 8.18. The molecule has 0 aliphatic rings. The number of amides is 1. The predicted octanol–water partition coefficient (Wildman–Crippen LogP) is 2.52. The van der Waals surface area contributed by atoms with Crippen LogP contribution in [0.25, 0.3) is 0 Å². The quantitative estimate of drug-likeness (QED) is 0.229. The zero-order chi connectivity index (χ0) is 20.0. The van der Waals surface area contributed by atoms with E-state index in [2.05, 4.69) is 10.6 Å². The monoisotopic (exact) mass is 385 g/mol. The van der Waals surface area contributed by atoms with Gasteiger partial charge in [0.1, 0.15) is 11.4 Å². The van der Waals surface area contributed by atoms with E-state index in [1.54, 1.807) is 0 Å². The molecule has 7 nitrogen and oxygen atoms in total. The number of nitrogens with one attached hydrogen (secondary N) is 3. The number of hydrogen-bond acceptors (Lipinski definition) is 6. The molecule has 10 heteroatoms. The molecule has 0 unspecified atom stereocenters. The SMILES string of the molecule is O=C(CCCCCNc1c(Nc2ccc(C(F)(F)F)cc2)c(=O)c1=O)NO. The molecule has 0 heterocycles. The molecule has 0 radical (unpaired) electrons. The van der Waals surface area contributed by atoms with Gasteiger partial charge < -0.3 is 10.6 Å². The standard InChI is InChI=1S/C17H18F3N3O4/c18-17(19,20)10-5-7-11(8-6-10)22-14-13(15(25)16(14)26)21-9-3-1-2-4-12(24)23-27/h5-8,21-22,27H,1-4,9H2,(H,23,24). The molecule has 0 saturated carbocycles. The van der Waals surface area contributed by atoms with Crippen molar-refractivity contribution in [2.45, 2.75) is 31.9 Å². The van der Waals surface area contributed by atoms with Gasteiger partial charge in [-0.15, -0.1) is 0 Å². The van der Waals surface area contributed by atoms with Crippen molar-refractivity contribution in [2.24, 2.45) is 0 Å². The van der Waals surface area contributed by atoms with Crippen molar-refractivity contribution in [3.05, 3.63) is 50.3 Å². The average Bonchev–Trinajstić information content (AvgIpc) is 2.65. The molecule has 0 bridgehead atoms. The minimum Gasteiger partial charge on any atom is -0.380 e. The molecule has 2 aromatic rings. The Balaban J connectivity index is 1.89. The average molecular weight is 385 g/mol. The molecule has 0 saturated heterocycles. The summed E-state index contributed by atoms with van der Waals surface area (Å²) >= 11 is 0. The number of unbranched alkanes of at least 4 members (excludes halogenated alkanes) is 2. The van der Waals surface area contributed by atoms with Gasteiger partial charge >= 0.3 is 6.18 Å². The molecule has 0 spiro atoms. The molecule has 0 aliphatic heterocycles. The Hall–Kier alpha value is -2.88. The van der Waals surface area contributed by atoms with Crippen LogP contribution in [-0.2, 0) is 11.0 Å². The summed E-state index contributed by atoms with van der Waals surface area (Å²) in [4.78, 5) is 34.2. The molecular formula is C17H18F3N3O4. The molecule has 27 heavy (non-hydrogen) atoms. The van der Waals surface area contributed by atoms with Crippen molar-refractivity contribution in [3.63, 3.8) is 0 Å². The summed E-state index contributed by atoms with van der Waals surface area (Å²) in [6, 6.07) is 4.11. The van der Waals surface area contributed by atoms with Gasteiger partial charge in [0.15, 0.2) is 0 Å². The molecule has 4 N–H and O–H groups in total. The van der Waals surface area contributed by atoms with E-state index >= 15 is 0 Å². The number of benzene rings is 1. The van der Waals surface area contributed by atoms with Gasteiger partial charge in [0.25, 0.3) is 10.9 Å². The second-order valence-electron chi connectivity index (χ2n) is 5.88. The third-order valence-electron chi connectivity index (χ3n) is 3.90. The van der Waals surface area contributed by atoms with Gasteiger partial charge in [-0.25, -0.2) is 5.48 Å². The Morgan fingerprint density at radius 1 is 0.963 bits per heavy atom. The van der Waals surface area contributed by atoms with Crippen LogP contribution in [-0.4, -0.2) is 17.7 Å². The first kappa shape index (κ1) is 20.4. The van der Waals surface area contributed by atoms with Crippen LogP contribution in [0.2, 0.25) is 0 Å². The van der Waals surface area contributed by atoms with Crippen LogP contribution in [0.1, 0.15) is 31.2 Å². The van der Waals surface area contributed by atoms with E-state index in [9.17, 15) is 27.6 Å². The highest BCUT2D eigenvalue weighted by atomic mass is 19.4. The lowest BCUT2D eigenvalue weighted by Crippen LogP contribution is -2.36. The predicted molar refractivity (Wildman–Crippen MR) is 93.0 cm³/mol. The maximum atomic E-state index is 12.6.